The molecule has 4 aromatic rings. The van der Waals surface area contributed by atoms with Gasteiger partial charge in [-0.2, -0.15) is 0 Å². The summed E-state index contributed by atoms with van der Waals surface area (Å²) in [6, 6.07) is 28.1. The second-order valence-corrected chi connectivity index (χ2v) is 14.8. The Hall–Kier alpha value is -5.29. The number of anilines is 1. The molecule has 13 heteroatoms. The molecule has 2 amide bonds. The minimum atomic E-state index is -3.78. The lowest BCUT2D eigenvalue weighted by Gasteiger charge is -2.35. The van der Waals surface area contributed by atoms with Crippen LogP contribution < -0.4 is 26.1 Å². The molecule has 2 heterocycles. The Balaban J connectivity index is 1.18. The van der Waals surface area contributed by atoms with Crippen LogP contribution in [0.15, 0.2) is 109 Å². The van der Waals surface area contributed by atoms with Crippen molar-refractivity contribution in [3.63, 3.8) is 0 Å². The minimum absolute atomic E-state index is 0.0312. The summed E-state index contributed by atoms with van der Waals surface area (Å²) in [5.41, 5.74) is 3.10. The van der Waals surface area contributed by atoms with Crippen LogP contribution in [0.25, 0.3) is 0 Å². The standard InChI is InChI=1S/C38H38N3O9P/c42-33(24-50-51(48,28-15-6-2-7-16-28)29-17-8-3-9-18-29)31(22-34(43)44)39-36(45)32-21-27-14-10-13-26-19-20-30(37(46)41(32)35(26)27)40-38(47)49-23-25-11-4-1-5-12-25/h1-18,30-32,37,46H,19-24H2,(H,39,45)(H,40,47)(H,43,44)/t30-,31?,32-,37?/m0/s1. The molecule has 0 saturated carbocycles. The number of aryl methyl sites for hydroxylation is 1. The number of aliphatic carboxylic acids is 1. The fraction of sp³-hybridized carbons (Fsp3) is 0.263. The maximum atomic E-state index is 14.3. The number of aliphatic hydroxyl groups excluding tert-OH is 1. The molecule has 0 aliphatic carbocycles. The lowest BCUT2D eigenvalue weighted by molar-refractivity contribution is -0.140. The van der Waals surface area contributed by atoms with E-state index in [9.17, 15) is 34.0 Å². The molecule has 0 aromatic heterocycles. The summed E-state index contributed by atoms with van der Waals surface area (Å²) in [6.45, 7) is -0.707. The van der Waals surface area contributed by atoms with Crippen molar-refractivity contribution in [3.8, 4) is 0 Å². The molecule has 2 unspecified atom stereocenters. The Morgan fingerprint density at radius 3 is 2.08 bits per heavy atom. The summed E-state index contributed by atoms with van der Waals surface area (Å²) in [5.74, 6) is -2.82. The number of nitrogens with zero attached hydrogens (tertiary/aromatic N) is 1. The molecule has 0 spiro atoms. The summed E-state index contributed by atoms with van der Waals surface area (Å²) in [5, 5.41) is 27.4. The first-order chi connectivity index (χ1) is 24.6. The number of aliphatic hydroxyl groups is 1. The zero-order chi connectivity index (χ0) is 36.0. The normalized spacial score (nSPS) is 18.5. The molecule has 4 aromatic carbocycles. The van der Waals surface area contributed by atoms with Gasteiger partial charge >= 0.3 is 12.1 Å². The summed E-state index contributed by atoms with van der Waals surface area (Å²) >= 11 is 0. The quantitative estimate of drug-likeness (QED) is 0.151. The van der Waals surface area contributed by atoms with Crippen molar-refractivity contribution in [2.24, 2.45) is 0 Å². The first-order valence-corrected chi connectivity index (χ1v) is 18.2. The number of hydrogen-bond donors (Lipinski definition) is 4. The predicted molar refractivity (Wildman–Crippen MR) is 189 cm³/mol. The molecule has 2 aliphatic rings. The molecule has 4 N–H and O–H groups in total. The minimum Gasteiger partial charge on any atom is -0.481 e. The number of ketones is 1. The van der Waals surface area contributed by atoms with E-state index < -0.39 is 68.5 Å². The van der Waals surface area contributed by atoms with Crippen molar-refractivity contribution in [3.05, 3.63) is 126 Å². The second-order valence-electron chi connectivity index (χ2n) is 12.4. The molecule has 0 radical (unpaired) electrons. The summed E-state index contributed by atoms with van der Waals surface area (Å²) in [7, 11) is -3.78. The number of nitrogens with one attached hydrogen (secondary N) is 2. The Kier molecular flexibility index (Phi) is 11.0. The highest BCUT2D eigenvalue weighted by Gasteiger charge is 2.45. The lowest BCUT2D eigenvalue weighted by Crippen LogP contribution is -2.58. The topological polar surface area (TPSA) is 172 Å². The van der Waals surface area contributed by atoms with Gasteiger partial charge in [-0.05, 0) is 53.8 Å². The average Bonchev–Trinajstić information content (AvgIpc) is 3.49. The van der Waals surface area contributed by atoms with Gasteiger partial charge in [-0.1, -0.05) is 84.9 Å². The van der Waals surface area contributed by atoms with E-state index in [4.69, 9.17) is 9.26 Å². The number of carbonyl (C=O) groups excluding carboxylic acids is 3. The highest BCUT2D eigenvalue weighted by atomic mass is 31.2. The van der Waals surface area contributed by atoms with Crippen LogP contribution in [0.1, 0.15) is 29.5 Å². The summed E-state index contributed by atoms with van der Waals surface area (Å²) in [4.78, 5) is 53.8. The number of amides is 2. The number of rotatable bonds is 13. The first kappa shape index (κ1) is 35.5. The van der Waals surface area contributed by atoms with Crippen LogP contribution in [-0.4, -0.2) is 64.9 Å². The van der Waals surface area contributed by atoms with E-state index in [1.165, 1.54) is 4.90 Å². The van der Waals surface area contributed by atoms with Gasteiger partial charge < -0.3 is 35.0 Å². The van der Waals surface area contributed by atoms with Gasteiger partial charge in [0.2, 0.25) is 5.91 Å². The van der Waals surface area contributed by atoms with Gasteiger partial charge in [0.05, 0.1) is 12.5 Å². The van der Waals surface area contributed by atoms with E-state index in [1.807, 2.05) is 48.5 Å². The number of carbonyl (C=O) groups is 4. The molecule has 6 rings (SSSR count). The number of ether oxygens (including phenoxy) is 1. The van der Waals surface area contributed by atoms with Crippen LogP contribution in [0.3, 0.4) is 0 Å². The van der Waals surface area contributed by atoms with E-state index in [1.54, 1.807) is 60.7 Å². The summed E-state index contributed by atoms with van der Waals surface area (Å²) in [6.07, 6.45) is -1.82. The van der Waals surface area contributed by atoms with E-state index in [0.717, 1.165) is 16.7 Å². The van der Waals surface area contributed by atoms with Crippen molar-refractivity contribution < 1.29 is 43.2 Å². The molecular formula is C38H38N3O9P. The van der Waals surface area contributed by atoms with Crippen molar-refractivity contribution in [1.82, 2.24) is 10.6 Å². The Morgan fingerprint density at radius 1 is 0.843 bits per heavy atom. The van der Waals surface area contributed by atoms with Crippen LogP contribution in [0, 0.1) is 0 Å². The van der Waals surface area contributed by atoms with Crippen molar-refractivity contribution in [2.75, 3.05) is 11.5 Å². The molecule has 2 aliphatic heterocycles. The maximum absolute atomic E-state index is 14.3. The number of Topliss-reactive ketones (excluding diaryl/α,β-unsaturated/α-hetero) is 1. The van der Waals surface area contributed by atoms with Crippen LogP contribution in [0.5, 0.6) is 0 Å². The van der Waals surface area contributed by atoms with Crippen LogP contribution in [0.2, 0.25) is 0 Å². The smallest absolute Gasteiger partial charge is 0.407 e. The largest absolute Gasteiger partial charge is 0.481 e. The lowest BCUT2D eigenvalue weighted by atomic mass is 10.0. The van der Waals surface area contributed by atoms with Crippen LogP contribution in [0.4, 0.5) is 10.5 Å². The first-order valence-electron chi connectivity index (χ1n) is 16.6. The van der Waals surface area contributed by atoms with Gasteiger partial charge in [-0.25, -0.2) is 4.79 Å². The number of carboxylic acids is 1. The molecule has 12 nitrogen and oxygen atoms in total. The number of alkyl carbamates (subject to hydrolysis) is 1. The zero-order valence-corrected chi connectivity index (χ0v) is 28.5. The van der Waals surface area contributed by atoms with Gasteiger partial charge in [0.1, 0.15) is 31.5 Å². The Morgan fingerprint density at radius 2 is 1.45 bits per heavy atom. The third kappa shape index (κ3) is 8.04. The fourth-order valence-electron chi connectivity index (χ4n) is 6.55. The molecule has 0 bridgehead atoms. The highest BCUT2D eigenvalue weighted by Crippen LogP contribution is 2.44. The van der Waals surface area contributed by atoms with Gasteiger partial charge in [-0.3, -0.25) is 18.9 Å². The average molecular weight is 712 g/mol. The highest BCUT2D eigenvalue weighted by molar-refractivity contribution is 7.74. The maximum Gasteiger partial charge on any atom is 0.407 e. The van der Waals surface area contributed by atoms with Crippen LogP contribution >= 0.6 is 7.37 Å². The number of para-hydroxylation sites is 1. The third-order valence-electron chi connectivity index (χ3n) is 9.06. The van der Waals surface area contributed by atoms with Gasteiger partial charge in [0.25, 0.3) is 7.37 Å². The van der Waals surface area contributed by atoms with Crippen LogP contribution in [-0.2, 0) is 47.7 Å². The zero-order valence-electron chi connectivity index (χ0n) is 27.6. The van der Waals surface area contributed by atoms with E-state index >= 15 is 0 Å². The molecule has 0 fully saturated rings. The Labute approximate surface area is 294 Å². The molecule has 0 saturated heterocycles. The molecule has 51 heavy (non-hydrogen) atoms. The Bertz CT molecular complexity index is 1880. The predicted octanol–water partition coefficient (Wildman–Crippen LogP) is 3.45. The van der Waals surface area contributed by atoms with E-state index in [0.29, 0.717) is 29.1 Å². The van der Waals surface area contributed by atoms with E-state index in [-0.39, 0.29) is 13.0 Å². The third-order valence-corrected chi connectivity index (χ3v) is 11.5. The SMILES string of the molecule is O=C(O)CC(NC(=O)[C@@H]1Cc2cccc3c2N1C(O)[C@@H](NC(=O)OCc1ccccc1)CC3)C(=O)COP(=O)(c1ccccc1)c1ccccc1. The molecule has 264 valence electrons. The van der Waals surface area contributed by atoms with Crippen molar-refractivity contribution in [1.29, 1.82) is 0 Å². The monoisotopic (exact) mass is 711 g/mol. The van der Waals surface area contributed by atoms with Gasteiger partial charge in [-0.15, -0.1) is 0 Å². The number of benzene rings is 4. The van der Waals surface area contributed by atoms with Gasteiger partial charge in [0, 0.05) is 22.7 Å². The number of hydrogen-bond acceptors (Lipinski definition) is 9. The van der Waals surface area contributed by atoms with E-state index in [2.05, 4.69) is 10.6 Å². The molecular weight excluding hydrogens is 673 g/mol. The van der Waals surface area contributed by atoms with Crippen molar-refractivity contribution >= 4 is 47.4 Å². The second kappa shape index (κ2) is 15.7. The molecule has 4 atom stereocenters. The number of carboxylic acid groups (broad SMARTS) is 1. The summed E-state index contributed by atoms with van der Waals surface area (Å²) < 4.78 is 25.5. The fourth-order valence-corrected chi connectivity index (χ4v) is 8.58. The van der Waals surface area contributed by atoms with Crippen molar-refractivity contribution in [2.45, 2.75) is 56.6 Å². The van der Waals surface area contributed by atoms with Gasteiger partial charge in [0.15, 0.2) is 5.78 Å².